The Labute approximate surface area is 244 Å². The first-order valence-electron chi connectivity index (χ1n) is 12.9. The molecule has 11 heteroatoms. The first-order chi connectivity index (χ1) is 19.0. The number of nitrogens with zero attached hydrogens (tertiary/aromatic N) is 5. The lowest BCUT2D eigenvalue weighted by Gasteiger charge is -2.39. The Hall–Kier alpha value is -3.50. The van der Waals surface area contributed by atoms with E-state index in [-0.39, 0.29) is 47.0 Å². The van der Waals surface area contributed by atoms with E-state index in [4.69, 9.17) is 16.6 Å². The quantitative estimate of drug-likeness (QED) is 0.273. The summed E-state index contributed by atoms with van der Waals surface area (Å²) in [6, 6.07) is 11.5. The van der Waals surface area contributed by atoms with E-state index < -0.39 is 17.6 Å². The minimum absolute atomic E-state index is 0.0651. The maximum absolute atomic E-state index is 14.9. The van der Waals surface area contributed by atoms with Crippen LogP contribution in [-0.2, 0) is 0 Å². The molecule has 1 aliphatic rings. The molecule has 5 rings (SSSR count). The van der Waals surface area contributed by atoms with Crippen LogP contribution >= 0.6 is 27.5 Å². The molecule has 4 aromatic rings. The van der Waals surface area contributed by atoms with Crippen LogP contribution in [0.2, 0.25) is 5.02 Å². The molecule has 2 aromatic heterocycles. The summed E-state index contributed by atoms with van der Waals surface area (Å²) in [5.74, 6) is -0.0556. The molecule has 0 radical (unpaired) electrons. The van der Waals surface area contributed by atoms with Crippen molar-refractivity contribution in [3.05, 3.63) is 79.4 Å². The van der Waals surface area contributed by atoms with Gasteiger partial charge in [0.25, 0.3) is 0 Å². The van der Waals surface area contributed by atoms with Gasteiger partial charge >= 0.3 is 11.8 Å². The number of aromatic nitrogens is 3. The smallest absolute Gasteiger partial charge is 0.407 e. The van der Waals surface area contributed by atoms with Crippen molar-refractivity contribution >= 4 is 50.5 Å². The van der Waals surface area contributed by atoms with Crippen LogP contribution in [0, 0.1) is 12.7 Å². The summed E-state index contributed by atoms with van der Waals surface area (Å²) >= 11 is 10.3. The van der Waals surface area contributed by atoms with E-state index in [9.17, 15) is 19.1 Å². The van der Waals surface area contributed by atoms with Crippen molar-refractivity contribution in [1.82, 2.24) is 19.4 Å². The Kier molecular flexibility index (Phi) is 7.58. The van der Waals surface area contributed by atoms with Crippen molar-refractivity contribution in [2.24, 2.45) is 0 Å². The van der Waals surface area contributed by atoms with Gasteiger partial charge in [-0.1, -0.05) is 53.5 Å². The van der Waals surface area contributed by atoms with Gasteiger partial charge in [0.1, 0.15) is 11.6 Å². The summed E-state index contributed by atoms with van der Waals surface area (Å²) in [7, 11) is 0. The van der Waals surface area contributed by atoms with Crippen LogP contribution in [-0.4, -0.2) is 56.3 Å². The van der Waals surface area contributed by atoms with Crippen LogP contribution in [0.25, 0.3) is 28.0 Å². The predicted molar refractivity (Wildman–Crippen MR) is 158 cm³/mol. The molecule has 3 heterocycles. The highest BCUT2D eigenvalue weighted by Crippen LogP contribution is 2.37. The zero-order chi connectivity index (χ0) is 28.9. The van der Waals surface area contributed by atoms with E-state index in [1.165, 1.54) is 15.5 Å². The van der Waals surface area contributed by atoms with Gasteiger partial charge in [0.2, 0.25) is 0 Å². The van der Waals surface area contributed by atoms with Crippen LogP contribution < -0.4 is 10.6 Å². The standard InChI is InChI=1S/C29H28BrClFN5O3/c1-15(2)20-12-18(30)11-16(3)25(20)37-27-21(13-22(31)24(33-27)19-7-5-6-8-23(19)32)26(34-28(37)38)36-10-9-35(29(39)40)14-17(36)4/h5-8,11-13,15,17H,9-10,14H2,1-4H3,(H,39,40). The zero-order valence-corrected chi connectivity index (χ0v) is 24.8. The van der Waals surface area contributed by atoms with Crippen molar-refractivity contribution in [2.75, 3.05) is 24.5 Å². The van der Waals surface area contributed by atoms with E-state index in [1.807, 2.05) is 44.7 Å². The molecule has 0 saturated carbocycles. The van der Waals surface area contributed by atoms with Gasteiger partial charge < -0.3 is 14.9 Å². The normalized spacial score (nSPS) is 15.8. The second kappa shape index (κ2) is 10.8. The molecule has 1 aliphatic heterocycles. The van der Waals surface area contributed by atoms with E-state index in [0.717, 1.165) is 15.6 Å². The number of aryl methyl sites for hydroxylation is 1. The number of carbonyl (C=O) groups is 1. The van der Waals surface area contributed by atoms with E-state index in [1.54, 1.807) is 24.3 Å². The number of hydrogen-bond acceptors (Lipinski definition) is 5. The third-order valence-electron chi connectivity index (χ3n) is 7.24. The number of pyridine rings is 1. The summed E-state index contributed by atoms with van der Waals surface area (Å²) < 4.78 is 17.3. The fraction of sp³-hybridized carbons (Fsp3) is 0.310. The summed E-state index contributed by atoms with van der Waals surface area (Å²) in [6.07, 6.45) is -0.995. The lowest BCUT2D eigenvalue weighted by molar-refractivity contribution is 0.136. The Morgan fingerprint density at radius 2 is 1.90 bits per heavy atom. The van der Waals surface area contributed by atoms with Crippen LogP contribution in [0.3, 0.4) is 0 Å². The Balaban J connectivity index is 1.85. The molecule has 8 nitrogen and oxygen atoms in total. The summed E-state index contributed by atoms with van der Waals surface area (Å²) in [4.78, 5) is 38.1. The summed E-state index contributed by atoms with van der Waals surface area (Å²) in [6.45, 7) is 8.71. The highest BCUT2D eigenvalue weighted by atomic mass is 79.9. The third kappa shape index (κ3) is 4.94. The van der Waals surface area contributed by atoms with Gasteiger partial charge in [0.15, 0.2) is 5.65 Å². The fourth-order valence-corrected chi connectivity index (χ4v) is 6.16. The van der Waals surface area contributed by atoms with Gasteiger partial charge in [-0.2, -0.15) is 4.98 Å². The Morgan fingerprint density at radius 3 is 2.55 bits per heavy atom. The molecular formula is C29H28BrClFN5O3. The molecule has 1 saturated heterocycles. The fourth-order valence-electron chi connectivity index (χ4n) is 5.32. The lowest BCUT2D eigenvalue weighted by atomic mass is 9.98. The number of carboxylic acid groups (broad SMARTS) is 1. The maximum Gasteiger partial charge on any atom is 0.407 e. The van der Waals surface area contributed by atoms with E-state index >= 15 is 0 Å². The SMILES string of the molecule is Cc1cc(Br)cc(C(C)C)c1-n1c(=O)nc(N2CCN(C(=O)O)CC2C)c2cc(Cl)c(-c3ccccc3F)nc21. The highest BCUT2D eigenvalue weighted by Gasteiger charge is 2.31. The van der Waals surface area contributed by atoms with Gasteiger partial charge in [-0.15, -0.1) is 0 Å². The van der Waals surface area contributed by atoms with Gasteiger partial charge in [0, 0.05) is 35.7 Å². The average molecular weight is 629 g/mol. The molecule has 1 amide bonds. The topological polar surface area (TPSA) is 91.6 Å². The number of piperazine rings is 1. The Bertz CT molecular complexity index is 1710. The van der Waals surface area contributed by atoms with Crippen LogP contribution in [0.15, 0.2) is 51.7 Å². The zero-order valence-electron chi connectivity index (χ0n) is 22.5. The number of fused-ring (bicyclic) bond motifs is 1. The minimum Gasteiger partial charge on any atom is -0.465 e. The molecular weight excluding hydrogens is 601 g/mol. The summed E-state index contributed by atoms with van der Waals surface area (Å²) in [5, 5.41) is 10.2. The molecule has 1 fully saturated rings. The number of anilines is 1. The predicted octanol–water partition coefficient (Wildman–Crippen LogP) is 6.62. The van der Waals surface area contributed by atoms with Gasteiger partial charge in [-0.3, -0.25) is 0 Å². The molecule has 2 aromatic carbocycles. The van der Waals surface area contributed by atoms with Crippen molar-refractivity contribution in [3.8, 4) is 16.9 Å². The molecule has 1 atom stereocenters. The second-order valence-electron chi connectivity index (χ2n) is 10.3. The lowest BCUT2D eigenvalue weighted by Crippen LogP contribution is -2.54. The van der Waals surface area contributed by atoms with Crippen molar-refractivity contribution in [3.63, 3.8) is 0 Å². The number of rotatable bonds is 4. The minimum atomic E-state index is -0.995. The summed E-state index contributed by atoms with van der Waals surface area (Å²) in [5.41, 5.74) is 2.58. The number of hydrogen-bond donors (Lipinski definition) is 1. The molecule has 40 heavy (non-hydrogen) atoms. The number of benzene rings is 2. The van der Waals surface area contributed by atoms with Crippen LogP contribution in [0.4, 0.5) is 15.0 Å². The number of amides is 1. The average Bonchev–Trinajstić information content (AvgIpc) is 2.89. The first kappa shape index (κ1) is 28.0. The molecule has 0 aliphatic carbocycles. The van der Waals surface area contributed by atoms with Gasteiger partial charge in [0.05, 0.1) is 21.8 Å². The van der Waals surface area contributed by atoms with E-state index in [2.05, 4.69) is 20.9 Å². The van der Waals surface area contributed by atoms with Crippen molar-refractivity contribution in [2.45, 2.75) is 39.7 Å². The van der Waals surface area contributed by atoms with Crippen molar-refractivity contribution in [1.29, 1.82) is 0 Å². The Morgan fingerprint density at radius 1 is 1.18 bits per heavy atom. The second-order valence-corrected chi connectivity index (χ2v) is 11.6. The van der Waals surface area contributed by atoms with Crippen LogP contribution in [0.1, 0.15) is 37.8 Å². The molecule has 0 spiro atoms. The monoisotopic (exact) mass is 627 g/mol. The molecule has 1 N–H and O–H groups in total. The van der Waals surface area contributed by atoms with Crippen LogP contribution in [0.5, 0.6) is 0 Å². The van der Waals surface area contributed by atoms with Crippen molar-refractivity contribution < 1.29 is 14.3 Å². The first-order valence-corrected chi connectivity index (χ1v) is 14.1. The molecule has 0 bridgehead atoms. The third-order valence-corrected chi connectivity index (χ3v) is 7.99. The largest absolute Gasteiger partial charge is 0.465 e. The highest BCUT2D eigenvalue weighted by molar-refractivity contribution is 9.10. The molecule has 1 unspecified atom stereocenters. The van der Waals surface area contributed by atoms with Gasteiger partial charge in [-0.05, 0) is 61.2 Å². The number of halogens is 3. The maximum atomic E-state index is 14.9. The molecule has 208 valence electrons. The van der Waals surface area contributed by atoms with Gasteiger partial charge in [-0.25, -0.2) is 23.5 Å². The van der Waals surface area contributed by atoms with E-state index in [0.29, 0.717) is 23.4 Å².